The molecule has 0 saturated carbocycles. The number of methoxy groups -OCH3 is 1. The van der Waals surface area contributed by atoms with E-state index in [9.17, 15) is 14.4 Å². The quantitative estimate of drug-likeness (QED) is 0.593. The number of allylic oxidation sites excluding steroid dienone is 2. The molecule has 7 nitrogen and oxygen atoms in total. The molecule has 144 valence electrons. The number of imide groups is 1. The van der Waals surface area contributed by atoms with E-state index in [4.69, 9.17) is 16.3 Å². The molecule has 1 heterocycles. The summed E-state index contributed by atoms with van der Waals surface area (Å²) in [6.07, 6.45) is 5.10. The summed E-state index contributed by atoms with van der Waals surface area (Å²) in [6.45, 7) is 0.102. The molecule has 0 spiro atoms. The van der Waals surface area contributed by atoms with Crippen molar-refractivity contribution in [3.8, 4) is 5.75 Å². The third-order valence-corrected chi connectivity index (χ3v) is 5.07. The molecule has 27 heavy (non-hydrogen) atoms. The molecule has 1 aromatic rings. The molecule has 2 atom stereocenters. The van der Waals surface area contributed by atoms with E-state index >= 15 is 0 Å². The number of anilines is 1. The Hall–Kier alpha value is -2.38. The third kappa shape index (κ3) is 4.14. The van der Waals surface area contributed by atoms with Crippen LogP contribution in [0.2, 0.25) is 5.02 Å². The number of amides is 3. The maximum absolute atomic E-state index is 12.5. The molecule has 0 bridgehead atoms. The van der Waals surface area contributed by atoms with Crippen LogP contribution < -0.4 is 10.1 Å². The second kappa shape index (κ2) is 8.10. The van der Waals surface area contributed by atoms with Crippen LogP contribution in [0.4, 0.5) is 5.69 Å². The van der Waals surface area contributed by atoms with E-state index in [1.807, 2.05) is 12.2 Å². The average molecular weight is 392 g/mol. The lowest BCUT2D eigenvalue weighted by Gasteiger charge is -2.23. The van der Waals surface area contributed by atoms with Crippen molar-refractivity contribution >= 4 is 35.0 Å². The van der Waals surface area contributed by atoms with Gasteiger partial charge in [-0.25, -0.2) is 0 Å². The van der Waals surface area contributed by atoms with Gasteiger partial charge in [0.25, 0.3) is 0 Å². The van der Waals surface area contributed by atoms with Gasteiger partial charge in [-0.2, -0.15) is 0 Å². The predicted octanol–water partition coefficient (Wildman–Crippen LogP) is 2.13. The van der Waals surface area contributed by atoms with Crippen molar-refractivity contribution in [2.75, 3.05) is 32.7 Å². The summed E-state index contributed by atoms with van der Waals surface area (Å²) in [5.74, 6) is -0.634. The summed E-state index contributed by atoms with van der Waals surface area (Å²) in [6, 6.07) is 4.93. The third-order valence-electron chi connectivity index (χ3n) is 4.83. The van der Waals surface area contributed by atoms with Gasteiger partial charge in [0.05, 0.1) is 37.8 Å². The largest absolute Gasteiger partial charge is 0.495 e. The van der Waals surface area contributed by atoms with Crippen molar-refractivity contribution in [3.63, 3.8) is 0 Å². The Morgan fingerprint density at radius 2 is 1.89 bits per heavy atom. The molecule has 8 heteroatoms. The highest BCUT2D eigenvalue weighted by Crippen LogP contribution is 2.35. The van der Waals surface area contributed by atoms with E-state index in [1.54, 1.807) is 30.1 Å². The van der Waals surface area contributed by atoms with Crippen molar-refractivity contribution in [2.45, 2.75) is 12.8 Å². The number of carbonyl (C=O) groups is 3. The number of halogens is 1. The number of fused-ring (bicyclic) bond motifs is 1. The molecule has 3 rings (SSSR count). The fourth-order valence-electron chi connectivity index (χ4n) is 3.51. The maximum atomic E-state index is 12.5. The first-order valence-electron chi connectivity index (χ1n) is 8.73. The van der Waals surface area contributed by atoms with E-state index in [-0.39, 0.29) is 42.8 Å². The zero-order valence-electron chi connectivity index (χ0n) is 15.3. The van der Waals surface area contributed by atoms with Gasteiger partial charge in [0.15, 0.2) is 0 Å². The maximum Gasteiger partial charge on any atom is 0.238 e. The van der Waals surface area contributed by atoms with E-state index in [0.29, 0.717) is 29.3 Å². The summed E-state index contributed by atoms with van der Waals surface area (Å²) in [5, 5.41) is 3.22. The van der Waals surface area contributed by atoms with Gasteiger partial charge in [-0.3, -0.25) is 24.2 Å². The SMILES string of the molecule is COc1ccc(Cl)cc1NC(=O)CN(C)CN1C(=O)[C@H]2CC=CC[C@@H]2C1=O. The van der Waals surface area contributed by atoms with Gasteiger partial charge < -0.3 is 10.1 Å². The number of nitrogens with zero attached hydrogens (tertiary/aromatic N) is 2. The number of ether oxygens (including phenoxy) is 1. The molecule has 1 aliphatic carbocycles. The molecule has 3 amide bonds. The Bertz CT molecular complexity index is 769. The van der Waals surface area contributed by atoms with Gasteiger partial charge in [0.1, 0.15) is 5.75 Å². The van der Waals surface area contributed by atoms with Crippen LogP contribution in [0.25, 0.3) is 0 Å². The van der Waals surface area contributed by atoms with Crippen LogP contribution >= 0.6 is 11.6 Å². The molecule has 1 N–H and O–H groups in total. The van der Waals surface area contributed by atoms with Crippen LogP contribution in [0.3, 0.4) is 0 Å². The zero-order chi connectivity index (χ0) is 19.6. The number of benzene rings is 1. The standard InChI is InChI=1S/C19H22ClN3O4/c1-22(10-17(24)21-15-9-12(20)7-8-16(15)27-2)11-23-18(25)13-5-3-4-6-14(13)19(23)26/h3-4,7-9,13-14H,5-6,10-11H2,1-2H3,(H,21,24)/t13-,14-/m0/s1. The first-order valence-corrected chi connectivity index (χ1v) is 9.10. The number of nitrogens with one attached hydrogen (secondary N) is 1. The van der Waals surface area contributed by atoms with Crippen LogP contribution in [0.5, 0.6) is 5.75 Å². The molecule has 0 unspecified atom stereocenters. The topological polar surface area (TPSA) is 79.0 Å². The molecule has 1 aliphatic heterocycles. The van der Waals surface area contributed by atoms with Crippen molar-refractivity contribution in [1.82, 2.24) is 9.80 Å². The van der Waals surface area contributed by atoms with E-state index in [1.165, 1.54) is 12.0 Å². The van der Waals surface area contributed by atoms with Crippen LogP contribution in [-0.4, -0.2) is 54.9 Å². The molecular formula is C19H22ClN3O4. The van der Waals surface area contributed by atoms with Gasteiger partial charge >= 0.3 is 0 Å². The predicted molar refractivity (Wildman–Crippen MR) is 101 cm³/mol. The zero-order valence-corrected chi connectivity index (χ0v) is 16.0. The molecule has 1 aromatic carbocycles. The Labute approximate surface area is 162 Å². The summed E-state index contributed by atoms with van der Waals surface area (Å²) < 4.78 is 5.21. The molecule has 0 radical (unpaired) electrons. The van der Waals surface area contributed by atoms with Gasteiger partial charge in [-0.05, 0) is 38.1 Å². The van der Waals surface area contributed by atoms with Crippen LogP contribution in [0.1, 0.15) is 12.8 Å². The summed E-state index contributed by atoms with van der Waals surface area (Å²) in [7, 11) is 3.19. The minimum Gasteiger partial charge on any atom is -0.495 e. The van der Waals surface area contributed by atoms with E-state index < -0.39 is 0 Å². The molecular weight excluding hydrogens is 370 g/mol. The summed E-state index contributed by atoms with van der Waals surface area (Å²) >= 11 is 5.96. The second-order valence-electron chi connectivity index (χ2n) is 6.81. The highest BCUT2D eigenvalue weighted by molar-refractivity contribution is 6.31. The number of hydrogen-bond acceptors (Lipinski definition) is 5. The highest BCUT2D eigenvalue weighted by atomic mass is 35.5. The minimum absolute atomic E-state index is 0.0142. The van der Waals surface area contributed by atoms with Crippen LogP contribution in [0.15, 0.2) is 30.4 Å². The lowest BCUT2D eigenvalue weighted by molar-refractivity contribution is -0.142. The minimum atomic E-state index is -0.295. The van der Waals surface area contributed by atoms with E-state index in [0.717, 1.165) is 0 Å². The second-order valence-corrected chi connectivity index (χ2v) is 7.25. The highest BCUT2D eigenvalue weighted by Gasteiger charge is 2.47. The van der Waals surface area contributed by atoms with Gasteiger partial charge in [0, 0.05) is 5.02 Å². The fourth-order valence-corrected chi connectivity index (χ4v) is 3.68. The van der Waals surface area contributed by atoms with Crippen LogP contribution in [0, 0.1) is 11.8 Å². The summed E-state index contributed by atoms with van der Waals surface area (Å²) in [4.78, 5) is 40.2. The summed E-state index contributed by atoms with van der Waals surface area (Å²) in [5.41, 5.74) is 0.466. The first kappa shape index (κ1) is 19.4. The lowest BCUT2D eigenvalue weighted by Crippen LogP contribution is -2.42. The molecule has 0 aromatic heterocycles. The van der Waals surface area contributed by atoms with Gasteiger partial charge in [-0.15, -0.1) is 0 Å². The number of likely N-dealkylation sites (tertiary alicyclic amines) is 1. The van der Waals surface area contributed by atoms with E-state index in [2.05, 4.69) is 5.32 Å². The number of likely N-dealkylation sites (N-methyl/N-ethyl adjacent to an activating group) is 1. The lowest BCUT2D eigenvalue weighted by atomic mass is 9.85. The van der Waals surface area contributed by atoms with Crippen molar-refractivity contribution < 1.29 is 19.1 Å². The smallest absolute Gasteiger partial charge is 0.238 e. The Kier molecular flexibility index (Phi) is 5.82. The Morgan fingerprint density at radius 3 is 2.48 bits per heavy atom. The monoisotopic (exact) mass is 391 g/mol. The molecule has 1 saturated heterocycles. The Morgan fingerprint density at radius 1 is 1.26 bits per heavy atom. The van der Waals surface area contributed by atoms with Gasteiger partial charge in [-0.1, -0.05) is 23.8 Å². The van der Waals surface area contributed by atoms with Crippen molar-refractivity contribution in [2.24, 2.45) is 11.8 Å². The van der Waals surface area contributed by atoms with Crippen molar-refractivity contribution in [1.29, 1.82) is 0 Å². The number of hydrogen-bond donors (Lipinski definition) is 1. The van der Waals surface area contributed by atoms with Crippen LogP contribution in [-0.2, 0) is 14.4 Å². The molecule has 2 aliphatic rings. The number of carbonyl (C=O) groups excluding carboxylic acids is 3. The first-order chi connectivity index (χ1) is 12.9. The van der Waals surface area contributed by atoms with Crippen molar-refractivity contribution in [3.05, 3.63) is 35.4 Å². The Balaban J connectivity index is 1.59. The number of rotatable bonds is 6. The molecule has 1 fully saturated rings. The average Bonchev–Trinajstić information content (AvgIpc) is 2.87. The van der Waals surface area contributed by atoms with Gasteiger partial charge in [0.2, 0.25) is 17.7 Å². The normalized spacial score (nSPS) is 21.6. The fraction of sp³-hybridized carbons (Fsp3) is 0.421.